The van der Waals surface area contributed by atoms with Crippen molar-refractivity contribution in [1.29, 1.82) is 0 Å². The second-order valence-corrected chi connectivity index (χ2v) is 4.23. The van der Waals surface area contributed by atoms with Crippen molar-refractivity contribution in [3.05, 3.63) is 30.1 Å². The number of ether oxygens (including phenoxy) is 1. The van der Waals surface area contributed by atoms with Crippen LogP contribution in [-0.2, 0) is 4.74 Å². The third kappa shape index (κ3) is 5.26. The maximum Gasteiger partial charge on any atom is 0.0616 e. The minimum absolute atomic E-state index is 0.231. The molecule has 0 aliphatic carbocycles. The molecule has 0 aromatic carbocycles. The first-order chi connectivity index (χ1) is 8.27. The fraction of sp³-hybridized carbons (Fsp3) is 0.615. The van der Waals surface area contributed by atoms with Crippen LogP contribution < -0.4 is 11.1 Å². The summed E-state index contributed by atoms with van der Waals surface area (Å²) in [6.07, 6.45) is 3.86. The minimum atomic E-state index is 0.231. The topological polar surface area (TPSA) is 60.2 Å². The van der Waals surface area contributed by atoms with Crippen LogP contribution >= 0.6 is 0 Å². The summed E-state index contributed by atoms with van der Waals surface area (Å²) >= 11 is 0. The first kappa shape index (κ1) is 14.1. The zero-order valence-electron chi connectivity index (χ0n) is 10.7. The molecule has 0 saturated carbocycles. The Balaban J connectivity index is 2.48. The summed E-state index contributed by atoms with van der Waals surface area (Å²) in [5.74, 6) is 0. The molecule has 17 heavy (non-hydrogen) atoms. The van der Waals surface area contributed by atoms with Crippen molar-refractivity contribution < 1.29 is 4.74 Å². The lowest BCUT2D eigenvalue weighted by Gasteiger charge is -2.22. The molecule has 0 fully saturated rings. The Bertz CT molecular complexity index is 292. The molecule has 0 aliphatic heterocycles. The molecule has 0 aliphatic rings. The third-order valence-electron chi connectivity index (χ3n) is 2.74. The number of nitrogens with zero attached hydrogens (tertiary/aromatic N) is 1. The lowest BCUT2D eigenvalue weighted by Crippen LogP contribution is -2.35. The number of nitrogens with one attached hydrogen (secondary N) is 1. The van der Waals surface area contributed by atoms with E-state index in [0.717, 1.165) is 25.1 Å². The number of pyridine rings is 1. The summed E-state index contributed by atoms with van der Waals surface area (Å²) in [6, 6.07) is 6.53. The molecule has 96 valence electrons. The van der Waals surface area contributed by atoms with E-state index in [1.807, 2.05) is 24.4 Å². The van der Waals surface area contributed by atoms with Gasteiger partial charge in [-0.1, -0.05) is 6.07 Å². The van der Waals surface area contributed by atoms with Crippen LogP contribution in [0.25, 0.3) is 0 Å². The van der Waals surface area contributed by atoms with Gasteiger partial charge >= 0.3 is 0 Å². The second kappa shape index (κ2) is 8.17. The van der Waals surface area contributed by atoms with Gasteiger partial charge in [0.15, 0.2) is 0 Å². The molecule has 1 heterocycles. The molecule has 1 aromatic heterocycles. The van der Waals surface area contributed by atoms with Gasteiger partial charge in [0.2, 0.25) is 0 Å². The van der Waals surface area contributed by atoms with Gasteiger partial charge in [-0.15, -0.1) is 0 Å². The molecule has 2 atom stereocenters. The Hall–Kier alpha value is -0.970. The predicted molar refractivity (Wildman–Crippen MR) is 69.7 cm³/mol. The maximum atomic E-state index is 5.53. The number of methoxy groups -OCH3 is 1. The van der Waals surface area contributed by atoms with Gasteiger partial charge in [-0.05, 0) is 38.4 Å². The van der Waals surface area contributed by atoms with Gasteiger partial charge in [0.1, 0.15) is 0 Å². The number of rotatable bonds is 8. The standard InChI is InChI=1S/C13H23N3O/c1-11(13-7-3-4-9-15-13)16-12(10-17-2)6-5-8-14/h3-4,7,9,11-12,16H,5-6,8,10,14H2,1-2H3/t11-,12?/m0/s1. The van der Waals surface area contributed by atoms with Crippen molar-refractivity contribution in [3.63, 3.8) is 0 Å². The van der Waals surface area contributed by atoms with Crippen molar-refractivity contribution in [3.8, 4) is 0 Å². The summed E-state index contributed by atoms with van der Waals surface area (Å²) in [7, 11) is 1.72. The van der Waals surface area contributed by atoms with Crippen LogP contribution in [-0.4, -0.2) is 31.3 Å². The number of hydrogen-bond donors (Lipinski definition) is 2. The van der Waals surface area contributed by atoms with Gasteiger partial charge in [-0.2, -0.15) is 0 Å². The highest BCUT2D eigenvalue weighted by Gasteiger charge is 2.13. The van der Waals surface area contributed by atoms with Crippen LogP contribution in [0.15, 0.2) is 24.4 Å². The summed E-state index contributed by atoms with van der Waals surface area (Å²) in [5, 5.41) is 3.53. The summed E-state index contributed by atoms with van der Waals surface area (Å²) in [6.45, 7) is 3.55. The first-order valence-electron chi connectivity index (χ1n) is 6.14. The van der Waals surface area contributed by atoms with E-state index in [2.05, 4.69) is 17.2 Å². The van der Waals surface area contributed by atoms with Crippen molar-refractivity contribution in [2.75, 3.05) is 20.3 Å². The van der Waals surface area contributed by atoms with E-state index in [-0.39, 0.29) is 6.04 Å². The molecule has 1 unspecified atom stereocenters. The maximum absolute atomic E-state index is 5.53. The lowest BCUT2D eigenvalue weighted by molar-refractivity contribution is 0.156. The van der Waals surface area contributed by atoms with Crippen LogP contribution in [0.2, 0.25) is 0 Å². The van der Waals surface area contributed by atoms with E-state index in [1.165, 1.54) is 0 Å². The van der Waals surface area contributed by atoms with Gasteiger partial charge in [-0.3, -0.25) is 4.98 Å². The molecule has 1 aromatic rings. The Morgan fingerprint density at radius 3 is 2.88 bits per heavy atom. The van der Waals surface area contributed by atoms with E-state index >= 15 is 0 Å². The molecule has 4 heteroatoms. The van der Waals surface area contributed by atoms with Crippen molar-refractivity contribution in [2.45, 2.75) is 31.8 Å². The predicted octanol–water partition coefficient (Wildman–Crippen LogP) is 1.49. The molecule has 1 rings (SSSR count). The van der Waals surface area contributed by atoms with Gasteiger partial charge in [0.25, 0.3) is 0 Å². The minimum Gasteiger partial charge on any atom is -0.383 e. The van der Waals surface area contributed by atoms with E-state index in [1.54, 1.807) is 7.11 Å². The molecule has 0 radical (unpaired) electrons. The smallest absolute Gasteiger partial charge is 0.0616 e. The fourth-order valence-corrected chi connectivity index (χ4v) is 1.85. The molecule has 0 bridgehead atoms. The van der Waals surface area contributed by atoms with Crippen LogP contribution in [0.5, 0.6) is 0 Å². The average Bonchev–Trinajstić information content (AvgIpc) is 2.37. The van der Waals surface area contributed by atoms with Crippen molar-refractivity contribution in [2.24, 2.45) is 5.73 Å². The highest BCUT2D eigenvalue weighted by Crippen LogP contribution is 2.10. The first-order valence-corrected chi connectivity index (χ1v) is 6.14. The average molecular weight is 237 g/mol. The molecule has 0 spiro atoms. The van der Waals surface area contributed by atoms with Gasteiger partial charge in [0.05, 0.1) is 12.3 Å². The van der Waals surface area contributed by atoms with Gasteiger partial charge in [0, 0.05) is 25.4 Å². The van der Waals surface area contributed by atoms with Crippen molar-refractivity contribution in [1.82, 2.24) is 10.3 Å². The fourth-order valence-electron chi connectivity index (χ4n) is 1.85. The largest absolute Gasteiger partial charge is 0.383 e. The molecule has 0 amide bonds. The lowest BCUT2D eigenvalue weighted by atomic mass is 10.1. The third-order valence-corrected chi connectivity index (χ3v) is 2.74. The molecular formula is C13H23N3O. The van der Waals surface area contributed by atoms with Crippen molar-refractivity contribution >= 4 is 0 Å². The zero-order valence-corrected chi connectivity index (χ0v) is 10.7. The Morgan fingerprint density at radius 2 is 2.29 bits per heavy atom. The van der Waals surface area contributed by atoms with Crippen LogP contribution in [0.1, 0.15) is 31.5 Å². The highest BCUT2D eigenvalue weighted by atomic mass is 16.5. The number of hydrogen-bond acceptors (Lipinski definition) is 4. The molecular weight excluding hydrogens is 214 g/mol. The highest BCUT2D eigenvalue weighted by molar-refractivity contribution is 5.07. The quantitative estimate of drug-likeness (QED) is 0.719. The zero-order chi connectivity index (χ0) is 12.5. The molecule has 0 saturated heterocycles. The normalized spacial score (nSPS) is 14.5. The SMILES string of the molecule is COCC(CCCN)N[C@@H](C)c1ccccn1. The Kier molecular flexibility index (Phi) is 6.77. The number of aromatic nitrogens is 1. The van der Waals surface area contributed by atoms with E-state index in [9.17, 15) is 0 Å². The van der Waals surface area contributed by atoms with Crippen LogP contribution in [0.3, 0.4) is 0 Å². The van der Waals surface area contributed by atoms with Crippen LogP contribution in [0, 0.1) is 0 Å². The summed E-state index contributed by atoms with van der Waals surface area (Å²) in [4.78, 5) is 4.34. The summed E-state index contributed by atoms with van der Waals surface area (Å²) in [5.41, 5.74) is 6.59. The molecule has 3 N–H and O–H groups in total. The van der Waals surface area contributed by atoms with E-state index in [0.29, 0.717) is 12.6 Å². The van der Waals surface area contributed by atoms with E-state index in [4.69, 9.17) is 10.5 Å². The van der Waals surface area contributed by atoms with E-state index < -0.39 is 0 Å². The van der Waals surface area contributed by atoms with Crippen LogP contribution in [0.4, 0.5) is 0 Å². The Morgan fingerprint density at radius 1 is 1.47 bits per heavy atom. The molecule has 4 nitrogen and oxygen atoms in total. The Labute approximate surface area is 104 Å². The second-order valence-electron chi connectivity index (χ2n) is 4.23. The monoisotopic (exact) mass is 237 g/mol. The van der Waals surface area contributed by atoms with Gasteiger partial charge < -0.3 is 15.8 Å². The number of nitrogens with two attached hydrogens (primary N) is 1. The summed E-state index contributed by atoms with van der Waals surface area (Å²) < 4.78 is 5.21. The van der Waals surface area contributed by atoms with Gasteiger partial charge in [-0.25, -0.2) is 0 Å².